The molecule has 9 heteroatoms. The summed E-state index contributed by atoms with van der Waals surface area (Å²) in [4.78, 5) is 21.9. The van der Waals surface area contributed by atoms with E-state index >= 15 is 0 Å². The van der Waals surface area contributed by atoms with Gasteiger partial charge in [0.05, 0.1) is 19.0 Å². The van der Waals surface area contributed by atoms with Gasteiger partial charge in [0, 0.05) is 6.42 Å². The summed E-state index contributed by atoms with van der Waals surface area (Å²) < 4.78 is 6.92. The Labute approximate surface area is 111 Å². The summed E-state index contributed by atoms with van der Waals surface area (Å²) in [7, 11) is 0. The van der Waals surface area contributed by atoms with Crippen molar-refractivity contribution in [1.82, 2.24) is 19.5 Å². The van der Waals surface area contributed by atoms with E-state index in [1.807, 2.05) is 0 Å². The van der Waals surface area contributed by atoms with E-state index in [-0.39, 0.29) is 29.5 Å². The Morgan fingerprint density at radius 2 is 2.42 bits per heavy atom. The molecule has 2 aromatic rings. The van der Waals surface area contributed by atoms with Crippen molar-refractivity contribution in [2.24, 2.45) is 0 Å². The van der Waals surface area contributed by atoms with Crippen LogP contribution < -0.4 is 5.56 Å². The number of rotatable bonds is 2. The molecule has 1 saturated heterocycles. The predicted octanol–water partition coefficient (Wildman–Crippen LogP) is -0.586. The lowest BCUT2D eigenvalue weighted by Gasteiger charge is -2.14. The molecule has 0 aromatic carbocycles. The topological polar surface area (TPSA) is 113 Å². The second kappa shape index (κ2) is 4.57. The second-order valence-corrected chi connectivity index (χ2v) is 4.61. The minimum Gasteiger partial charge on any atom is -0.394 e. The number of H-pyrrole nitrogens is 1. The number of fused-ring (bicyclic) bond motifs is 1. The normalized spacial score (nSPS) is 27.2. The van der Waals surface area contributed by atoms with Gasteiger partial charge in [-0.1, -0.05) is 0 Å². The van der Waals surface area contributed by atoms with E-state index in [9.17, 15) is 9.90 Å². The summed E-state index contributed by atoms with van der Waals surface area (Å²) >= 11 is 5.99. The molecule has 0 radical (unpaired) electrons. The van der Waals surface area contributed by atoms with E-state index in [0.29, 0.717) is 0 Å². The van der Waals surface area contributed by atoms with Crippen molar-refractivity contribution >= 4 is 22.8 Å². The highest BCUT2D eigenvalue weighted by atomic mass is 35.5. The number of ether oxygens (including phenoxy) is 1. The Morgan fingerprint density at radius 1 is 1.63 bits per heavy atom. The number of aromatic amines is 1. The van der Waals surface area contributed by atoms with E-state index in [1.54, 1.807) is 0 Å². The van der Waals surface area contributed by atoms with Gasteiger partial charge in [-0.15, -0.1) is 0 Å². The molecule has 3 rings (SSSR count). The number of aliphatic hydroxyl groups is 2. The largest absolute Gasteiger partial charge is 0.394 e. The van der Waals surface area contributed by atoms with Gasteiger partial charge in [0.1, 0.15) is 12.3 Å². The van der Waals surface area contributed by atoms with Crippen LogP contribution in [0.25, 0.3) is 11.2 Å². The number of aromatic nitrogens is 4. The number of hydrogen-bond donors (Lipinski definition) is 3. The Morgan fingerprint density at radius 3 is 3.11 bits per heavy atom. The minimum absolute atomic E-state index is 0.0509. The highest BCUT2D eigenvalue weighted by Gasteiger charge is 2.36. The van der Waals surface area contributed by atoms with E-state index in [4.69, 9.17) is 21.4 Å². The molecule has 102 valence electrons. The first-order valence-electron chi connectivity index (χ1n) is 5.67. The van der Waals surface area contributed by atoms with Crippen molar-refractivity contribution in [3.63, 3.8) is 0 Å². The molecule has 1 aliphatic rings. The smallest absolute Gasteiger partial charge is 0.278 e. The third kappa shape index (κ3) is 1.93. The molecule has 3 heterocycles. The van der Waals surface area contributed by atoms with Gasteiger partial charge >= 0.3 is 0 Å². The van der Waals surface area contributed by atoms with Crippen molar-refractivity contribution in [2.45, 2.75) is 24.9 Å². The summed E-state index contributed by atoms with van der Waals surface area (Å²) in [5, 5.41) is 18.8. The van der Waals surface area contributed by atoms with Gasteiger partial charge in [-0.3, -0.25) is 9.36 Å². The average Bonchev–Trinajstić information content (AvgIpc) is 2.90. The van der Waals surface area contributed by atoms with Crippen molar-refractivity contribution < 1.29 is 14.9 Å². The zero-order valence-corrected chi connectivity index (χ0v) is 10.4. The van der Waals surface area contributed by atoms with Crippen molar-refractivity contribution in [1.29, 1.82) is 0 Å². The summed E-state index contributed by atoms with van der Waals surface area (Å²) in [6.45, 7) is -0.296. The quantitative estimate of drug-likeness (QED) is 0.636. The van der Waals surface area contributed by atoms with Crippen LogP contribution in [0.2, 0.25) is 5.28 Å². The standard InChI is InChI=1S/C10H11ClN4O4/c11-10-14-7-8(12-3-13-9(7)18)15(10)6-1-4(17)5(2-16)19-6/h3-6,16-17H,1-2H2,(H,12,13,18)/t4-,5+,6+/m1/s1. The van der Waals surface area contributed by atoms with Crippen LogP contribution in [0.1, 0.15) is 12.6 Å². The molecule has 1 aliphatic heterocycles. The van der Waals surface area contributed by atoms with Crippen LogP contribution in [-0.4, -0.2) is 48.5 Å². The number of nitrogens with one attached hydrogen (secondary N) is 1. The monoisotopic (exact) mass is 286 g/mol. The highest BCUT2D eigenvalue weighted by molar-refractivity contribution is 6.29. The molecular formula is C10H11ClN4O4. The molecule has 19 heavy (non-hydrogen) atoms. The Bertz CT molecular complexity index is 669. The van der Waals surface area contributed by atoms with Gasteiger partial charge in [-0.2, -0.15) is 0 Å². The van der Waals surface area contributed by atoms with Crippen LogP contribution in [-0.2, 0) is 4.74 Å². The highest BCUT2D eigenvalue weighted by Crippen LogP contribution is 2.32. The van der Waals surface area contributed by atoms with Crippen LogP contribution in [0.15, 0.2) is 11.1 Å². The molecule has 0 amide bonds. The lowest BCUT2D eigenvalue weighted by Crippen LogP contribution is -2.24. The molecular weight excluding hydrogens is 276 g/mol. The molecule has 8 nitrogen and oxygen atoms in total. The maximum absolute atomic E-state index is 11.6. The third-order valence-electron chi connectivity index (χ3n) is 3.11. The number of nitrogens with zero attached hydrogens (tertiary/aromatic N) is 3. The molecule has 0 saturated carbocycles. The first kappa shape index (κ1) is 12.5. The van der Waals surface area contributed by atoms with E-state index in [2.05, 4.69) is 15.0 Å². The van der Waals surface area contributed by atoms with Gasteiger partial charge in [-0.25, -0.2) is 9.97 Å². The molecule has 0 bridgehead atoms. The van der Waals surface area contributed by atoms with Crippen LogP contribution in [0.5, 0.6) is 0 Å². The average molecular weight is 287 g/mol. The zero-order valence-electron chi connectivity index (χ0n) is 9.65. The summed E-state index contributed by atoms with van der Waals surface area (Å²) in [6.07, 6.45) is -0.608. The Hall–Kier alpha value is -1.48. The summed E-state index contributed by atoms with van der Waals surface area (Å²) in [5.41, 5.74) is -0.00881. The van der Waals surface area contributed by atoms with Gasteiger partial charge in [0.15, 0.2) is 11.2 Å². The third-order valence-corrected chi connectivity index (χ3v) is 3.38. The maximum Gasteiger partial charge on any atom is 0.278 e. The van der Waals surface area contributed by atoms with Crippen LogP contribution in [0.3, 0.4) is 0 Å². The van der Waals surface area contributed by atoms with Gasteiger partial charge in [-0.05, 0) is 11.6 Å². The molecule has 0 unspecified atom stereocenters. The first-order valence-corrected chi connectivity index (χ1v) is 6.05. The zero-order chi connectivity index (χ0) is 13.6. The molecule has 0 aliphatic carbocycles. The Balaban J connectivity index is 2.09. The lowest BCUT2D eigenvalue weighted by atomic mass is 10.2. The number of aliphatic hydroxyl groups excluding tert-OH is 2. The van der Waals surface area contributed by atoms with E-state index in [1.165, 1.54) is 10.9 Å². The van der Waals surface area contributed by atoms with Crippen LogP contribution in [0, 0.1) is 0 Å². The molecule has 0 spiro atoms. The fourth-order valence-corrected chi connectivity index (χ4v) is 2.46. The number of hydrogen-bond acceptors (Lipinski definition) is 6. The van der Waals surface area contributed by atoms with E-state index < -0.39 is 24.0 Å². The SMILES string of the molecule is O=c1[nH]cnc2c1nc(Cl)n2[C@@H]1C[C@@H](O)[C@H](CO)O1. The van der Waals surface area contributed by atoms with Crippen LogP contribution >= 0.6 is 11.6 Å². The van der Waals surface area contributed by atoms with Gasteiger partial charge < -0.3 is 19.9 Å². The lowest BCUT2D eigenvalue weighted by molar-refractivity contribution is -0.0431. The minimum atomic E-state index is -0.800. The van der Waals surface area contributed by atoms with Crippen LogP contribution in [0.4, 0.5) is 0 Å². The molecule has 3 N–H and O–H groups in total. The van der Waals surface area contributed by atoms with Crippen molar-refractivity contribution in [3.8, 4) is 0 Å². The fourth-order valence-electron chi connectivity index (χ4n) is 2.19. The fraction of sp³-hybridized carbons (Fsp3) is 0.500. The molecule has 1 fully saturated rings. The maximum atomic E-state index is 11.6. The van der Waals surface area contributed by atoms with E-state index in [0.717, 1.165) is 0 Å². The summed E-state index contributed by atoms with van der Waals surface area (Å²) in [6, 6.07) is 0. The predicted molar refractivity (Wildman–Crippen MR) is 64.8 cm³/mol. The van der Waals surface area contributed by atoms with Crippen molar-refractivity contribution in [2.75, 3.05) is 6.61 Å². The second-order valence-electron chi connectivity index (χ2n) is 4.27. The Kier molecular flexibility index (Phi) is 3.02. The van der Waals surface area contributed by atoms with Gasteiger partial charge in [0.25, 0.3) is 5.56 Å². The number of halogens is 1. The molecule has 3 atom stereocenters. The van der Waals surface area contributed by atoms with Gasteiger partial charge in [0.2, 0.25) is 5.28 Å². The number of imidazole rings is 1. The molecule has 2 aromatic heterocycles. The summed E-state index contributed by atoms with van der Waals surface area (Å²) in [5.74, 6) is 0. The first-order chi connectivity index (χ1) is 9.11. The van der Waals surface area contributed by atoms with Crippen molar-refractivity contribution in [3.05, 3.63) is 22.0 Å².